The highest BCUT2D eigenvalue weighted by molar-refractivity contribution is 7.13. The third-order valence-corrected chi connectivity index (χ3v) is 4.78. The van der Waals surface area contributed by atoms with E-state index >= 15 is 0 Å². The Balaban J connectivity index is 1.63. The first kappa shape index (κ1) is 18.9. The van der Waals surface area contributed by atoms with E-state index in [1.54, 1.807) is 29.6 Å². The van der Waals surface area contributed by atoms with Gasteiger partial charge in [0.2, 0.25) is 0 Å². The van der Waals surface area contributed by atoms with E-state index < -0.39 is 11.8 Å². The SMILES string of the molecule is CCOc1ccc(-c2nc(C(=O)NNC(=O)c3ccccc3Cl)cs2)cc1. The molecule has 3 aromatic rings. The van der Waals surface area contributed by atoms with Crippen LogP contribution < -0.4 is 15.6 Å². The topological polar surface area (TPSA) is 80.3 Å². The van der Waals surface area contributed by atoms with Gasteiger partial charge in [-0.2, -0.15) is 0 Å². The van der Waals surface area contributed by atoms with Gasteiger partial charge in [0.05, 0.1) is 17.2 Å². The van der Waals surface area contributed by atoms with Crippen molar-refractivity contribution in [1.82, 2.24) is 15.8 Å². The molecule has 2 amide bonds. The number of halogens is 1. The van der Waals surface area contributed by atoms with Gasteiger partial charge in [0.25, 0.3) is 11.8 Å². The largest absolute Gasteiger partial charge is 0.494 e. The van der Waals surface area contributed by atoms with Crippen LogP contribution in [0.1, 0.15) is 27.8 Å². The van der Waals surface area contributed by atoms with Gasteiger partial charge in [-0.15, -0.1) is 11.3 Å². The molecule has 0 saturated carbocycles. The number of aromatic nitrogens is 1. The monoisotopic (exact) mass is 401 g/mol. The molecule has 0 atom stereocenters. The van der Waals surface area contributed by atoms with Gasteiger partial charge in [0, 0.05) is 10.9 Å². The molecule has 0 saturated heterocycles. The molecular weight excluding hydrogens is 386 g/mol. The molecule has 0 bridgehead atoms. The second-order valence-electron chi connectivity index (χ2n) is 5.38. The minimum atomic E-state index is -0.510. The number of rotatable bonds is 5. The lowest BCUT2D eigenvalue weighted by atomic mass is 10.2. The Morgan fingerprint density at radius 3 is 2.48 bits per heavy atom. The number of hydrogen-bond acceptors (Lipinski definition) is 5. The summed E-state index contributed by atoms with van der Waals surface area (Å²) in [5.41, 5.74) is 6.04. The Kier molecular flexibility index (Phi) is 6.05. The average molecular weight is 402 g/mol. The van der Waals surface area contributed by atoms with E-state index in [0.717, 1.165) is 11.3 Å². The van der Waals surface area contributed by atoms with E-state index in [2.05, 4.69) is 15.8 Å². The number of hydrazine groups is 1. The maximum atomic E-state index is 12.2. The van der Waals surface area contributed by atoms with Crippen molar-refractivity contribution in [2.24, 2.45) is 0 Å². The van der Waals surface area contributed by atoms with Crippen molar-refractivity contribution in [2.75, 3.05) is 6.61 Å². The highest BCUT2D eigenvalue weighted by Gasteiger charge is 2.14. The van der Waals surface area contributed by atoms with Crippen molar-refractivity contribution in [3.05, 3.63) is 70.2 Å². The summed E-state index contributed by atoms with van der Waals surface area (Å²) in [4.78, 5) is 28.6. The maximum Gasteiger partial charge on any atom is 0.289 e. The molecule has 1 aromatic heterocycles. The molecule has 0 spiro atoms. The zero-order chi connectivity index (χ0) is 19.2. The summed E-state index contributed by atoms with van der Waals surface area (Å²) in [7, 11) is 0. The standard InChI is InChI=1S/C19H16ClN3O3S/c1-2-26-13-9-7-12(8-10-13)19-21-16(11-27-19)18(25)23-22-17(24)14-5-3-4-6-15(14)20/h3-11H,2H2,1H3,(H,22,24)(H,23,25). The van der Waals surface area contributed by atoms with Crippen LogP contribution >= 0.6 is 22.9 Å². The van der Waals surface area contributed by atoms with Gasteiger partial charge in [-0.3, -0.25) is 20.4 Å². The molecule has 2 aromatic carbocycles. The third kappa shape index (κ3) is 4.64. The van der Waals surface area contributed by atoms with Crippen LogP contribution in [0.4, 0.5) is 0 Å². The van der Waals surface area contributed by atoms with Gasteiger partial charge >= 0.3 is 0 Å². The first-order chi connectivity index (χ1) is 13.1. The first-order valence-electron chi connectivity index (χ1n) is 8.12. The number of thiazole rings is 1. The summed E-state index contributed by atoms with van der Waals surface area (Å²) < 4.78 is 5.41. The van der Waals surface area contributed by atoms with Crippen molar-refractivity contribution < 1.29 is 14.3 Å². The van der Waals surface area contributed by atoms with Crippen LogP contribution in [-0.2, 0) is 0 Å². The fourth-order valence-electron chi connectivity index (χ4n) is 2.26. The number of amides is 2. The fraction of sp³-hybridized carbons (Fsp3) is 0.105. The van der Waals surface area contributed by atoms with E-state index in [0.29, 0.717) is 16.6 Å². The molecule has 138 valence electrons. The number of carbonyl (C=O) groups is 2. The van der Waals surface area contributed by atoms with E-state index in [-0.39, 0.29) is 11.3 Å². The summed E-state index contributed by atoms with van der Waals surface area (Å²) >= 11 is 7.30. The molecule has 0 unspecified atom stereocenters. The van der Waals surface area contributed by atoms with Crippen molar-refractivity contribution in [2.45, 2.75) is 6.92 Å². The summed E-state index contributed by atoms with van der Waals surface area (Å²) in [6.45, 7) is 2.52. The molecule has 27 heavy (non-hydrogen) atoms. The highest BCUT2D eigenvalue weighted by atomic mass is 35.5. The van der Waals surface area contributed by atoms with Crippen LogP contribution in [-0.4, -0.2) is 23.4 Å². The van der Waals surface area contributed by atoms with Crippen molar-refractivity contribution in [3.63, 3.8) is 0 Å². The molecular formula is C19H16ClN3O3S. The van der Waals surface area contributed by atoms with Crippen LogP contribution in [0.15, 0.2) is 53.9 Å². The molecule has 0 radical (unpaired) electrons. The summed E-state index contributed by atoms with van der Waals surface area (Å²) in [6.07, 6.45) is 0. The van der Waals surface area contributed by atoms with Crippen molar-refractivity contribution in [1.29, 1.82) is 0 Å². The predicted molar refractivity (Wildman–Crippen MR) is 105 cm³/mol. The zero-order valence-electron chi connectivity index (χ0n) is 14.4. The number of ether oxygens (including phenoxy) is 1. The lowest BCUT2D eigenvalue weighted by Gasteiger charge is -2.07. The zero-order valence-corrected chi connectivity index (χ0v) is 15.9. The molecule has 0 aliphatic heterocycles. The highest BCUT2D eigenvalue weighted by Crippen LogP contribution is 2.25. The molecule has 8 heteroatoms. The number of nitrogens with zero attached hydrogens (tertiary/aromatic N) is 1. The van der Waals surface area contributed by atoms with Crippen LogP contribution in [0.5, 0.6) is 5.75 Å². The second kappa shape index (κ2) is 8.66. The Labute approximate surface area is 165 Å². The van der Waals surface area contributed by atoms with Crippen LogP contribution in [0, 0.1) is 0 Å². The van der Waals surface area contributed by atoms with Gasteiger partial charge in [-0.1, -0.05) is 23.7 Å². The van der Waals surface area contributed by atoms with Crippen molar-refractivity contribution in [3.8, 4) is 16.3 Å². The predicted octanol–water partition coefficient (Wildman–Crippen LogP) is 3.94. The Morgan fingerprint density at radius 1 is 1.07 bits per heavy atom. The minimum absolute atomic E-state index is 0.211. The van der Waals surface area contributed by atoms with E-state index in [1.807, 2.05) is 31.2 Å². The van der Waals surface area contributed by atoms with E-state index in [1.165, 1.54) is 11.3 Å². The molecule has 6 nitrogen and oxygen atoms in total. The minimum Gasteiger partial charge on any atom is -0.494 e. The van der Waals surface area contributed by atoms with Crippen LogP contribution in [0.25, 0.3) is 10.6 Å². The number of carbonyl (C=O) groups excluding carboxylic acids is 2. The molecule has 0 aliphatic carbocycles. The van der Waals surface area contributed by atoms with Crippen LogP contribution in [0.3, 0.4) is 0 Å². The number of hydrogen-bond donors (Lipinski definition) is 2. The van der Waals surface area contributed by atoms with Gasteiger partial charge in [-0.05, 0) is 43.3 Å². The normalized spacial score (nSPS) is 10.3. The molecule has 0 aliphatic rings. The van der Waals surface area contributed by atoms with Gasteiger partial charge in [0.1, 0.15) is 16.5 Å². The fourth-order valence-corrected chi connectivity index (χ4v) is 3.29. The molecule has 0 fully saturated rings. The number of benzene rings is 2. The van der Waals surface area contributed by atoms with E-state index in [9.17, 15) is 9.59 Å². The van der Waals surface area contributed by atoms with Gasteiger partial charge < -0.3 is 4.74 Å². The Hall–Kier alpha value is -2.90. The lowest BCUT2D eigenvalue weighted by molar-refractivity contribution is 0.0844. The maximum absolute atomic E-state index is 12.2. The van der Waals surface area contributed by atoms with Crippen molar-refractivity contribution >= 4 is 34.8 Å². The Morgan fingerprint density at radius 2 is 1.78 bits per heavy atom. The van der Waals surface area contributed by atoms with Gasteiger partial charge in [0.15, 0.2) is 0 Å². The molecule has 1 heterocycles. The Bertz CT molecular complexity index is 957. The summed E-state index contributed by atoms with van der Waals surface area (Å²) in [6, 6.07) is 14.0. The quantitative estimate of drug-likeness (QED) is 0.634. The van der Waals surface area contributed by atoms with Crippen LogP contribution in [0.2, 0.25) is 5.02 Å². The lowest BCUT2D eigenvalue weighted by Crippen LogP contribution is -2.41. The number of nitrogens with one attached hydrogen (secondary N) is 2. The summed E-state index contributed by atoms with van der Waals surface area (Å²) in [5, 5.41) is 2.62. The average Bonchev–Trinajstić information content (AvgIpc) is 3.17. The second-order valence-corrected chi connectivity index (χ2v) is 6.65. The third-order valence-electron chi connectivity index (χ3n) is 3.56. The molecule has 2 N–H and O–H groups in total. The van der Waals surface area contributed by atoms with Gasteiger partial charge in [-0.25, -0.2) is 4.98 Å². The van der Waals surface area contributed by atoms with E-state index in [4.69, 9.17) is 16.3 Å². The first-order valence-corrected chi connectivity index (χ1v) is 9.38. The smallest absolute Gasteiger partial charge is 0.289 e. The molecule has 3 rings (SSSR count). The summed E-state index contributed by atoms with van der Waals surface area (Å²) in [5.74, 6) is -0.238.